The Hall–Kier alpha value is -2.79. The van der Waals surface area contributed by atoms with Gasteiger partial charge in [-0.15, -0.1) is 21.5 Å². The van der Waals surface area contributed by atoms with E-state index in [1.165, 1.54) is 23.1 Å². The molecule has 8 nitrogen and oxygen atoms in total. The molecule has 0 bridgehead atoms. The molecule has 2 aromatic carbocycles. The molecule has 1 N–H and O–H groups in total. The molecule has 0 fully saturated rings. The zero-order valence-corrected chi connectivity index (χ0v) is 22.0. The van der Waals surface area contributed by atoms with Gasteiger partial charge in [-0.25, -0.2) is 4.98 Å². The standard InChI is InChI=1S/C23H21Cl2N5O3S2/c1-3-30-20(11-33-16-7-5-15(32-2)6-8-16)28-29-23(30)35-13-21(31)27-22-26-19(12-34-22)17-9-4-14(24)10-18(17)25/h4-10,12H,3,11,13H2,1-2H3,(H,26,27,31). The van der Waals surface area contributed by atoms with Crippen molar-refractivity contribution >= 4 is 57.3 Å². The van der Waals surface area contributed by atoms with Crippen molar-refractivity contribution < 1.29 is 14.3 Å². The van der Waals surface area contributed by atoms with E-state index in [-0.39, 0.29) is 18.3 Å². The second-order valence-corrected chi connectivity index (χ2v) is 9.75. The number of ether oxygens (including phenoxy) is 2. The van der Waals surface area contributed by atoms with E-state index in [9.17, 15) is 4.79 Å². The highest BCUT2D eigenvalue weighted by molar-refractivity contribution is 7.99. The topological polar surface area (TPSA) is 91.2 Å². The van der Waals surface area contributed by atoms with Crippen LogP contribution in [0, 0.1) is 0 Å². The van der Waals surface area contributed by atoms with Gasteiger partial charge in [-0.2, -0.15) is 0 Å². The smallest absolute Gasteiger partial charge is 0.236 e. The van der Waals surface area contributed by atoms with Gasteiger partial charge < -0.3 is 19.4 Å². The van der Waals surface area contributed by atoms with Gasteiger partial charge in [0.25, 0.3) is 0 Å². The van der Waals surface area contributed by atoms with E-state index in [4.69, 9.17) is 32.7 Å². The van der Waals surface area contributed by atoms with Crippen molar-refractivity contribution in [1.29, 1.82) is 0 Å². The molecule has 2 heterocycles. The lowest BCUT2D eigenvalue weighted by Crippen LogP contribution is -2.14. The Morgan fingerprint density at radius 1 is 1.14 bits per heavy atom. The van der Waals surface area contributed by atoms with Crippen molar-refractivity contribution in [3.8, 4) is 22.8 Å². The molecular formula is C23H21Cl2N5O3S2. The zero-order chi connectivity index (χ0) is 24.8. The van der Waals surface area contributed by atoms with E-state index in [0.717, 1.165) is 11.3 Å². The molecule has 4 rings (SSSR count). The third kappa shape index (κ3) is 6.46. The minimum atomic E-state index is -0.195. The molecule has 0 aliphatic rings. The minimum Gasteiger partial charge on any atom is -0.497 e. The number of carbonyl (C=O) groups is 1. The monoisotopic (exact) mass is 549 g/mol. The van der Waals surface area contributed by atoms with Gasteiger partial charge in [-0.3, -0.25) is 4.79 Å². The van der Waals surface area contributed by atoms with Crippen LogP contribution >= 0.6 is 46.3 Å². The second-order valence-electron chi connectivity index (χ2n) is 7.11. The number of halogens is 2. The highest BCUT2D eigenvalue weighted by Crippen LogP contribution is 2.32. The lowest BCUT2D eigenvalue weighted by molar-refractivity contribution is -0.113. The number of anilines is 1. The van der Waals surface area contributed by atoms with Crippen LogP contribution in [-0.4, -0.2) is 38.5 Å². The van der Waals surface area contributed by atoms with Crippen LogP contribution in [0.4, 0.5) is 5.13 Å². The Kier molecular flexibility index (Phi) is 8.50. The summed E-state index contributed by atoms with van der Waals surface area (Å²) in [6.07, 6.45) is 0. The maximum atomic E-state index is 12.5. The van der Waals surface area contributed by atoms with Gasteiger partial charge in [0.15, 0.2) is 16.1 Å². The van der Waals surface area contributed by atoms with E-state index in [1.807, 2.05) is 41.1 Å². The fourth-order valence-corrected chi connectivity index (χ4v) is 5.16. The van der Waals surface area contributed by atoms with Gasteiger partial charge in [0.1, 0.15) is 18.1 Å². The van der Waals surface area contributed by atoms with Gasteiger partial charge in [0, 0.05) is 22.5 Å². The largest absolute Gasteiger partial charge is 0.497 e. The molecule has 0 aliphatic carbocycles. The number of hydrogen-bond acceptors (Lipinski definition) is 8. The Morgan fingerprint density at radius 2 is 1.91 bits per heavy atom. The van der Waals surface area contributed by atoms with E-state index < -0.39 is 0 Å². The van der Waals surface area contributed by atoms with Crippen molar-refractivity contribution in [3.63, 3.8) is 0 Å². The number of benzene rings is 2. The molecule has 0 saturated carbocycles. The molecule has 0 unspecified atom stereocenters. The summed E-state index contributed by atoms with van der Waals surface area (Å²) in [6.45, 7) is 2.90. The van der Waals surface area contributed by atoms with Crippen LogP contribution in [0.25, 0.3) is 11.3 Å². The number of nitrogens with zero attached hydrogens (tertiary/aromatic N) is 4. The summed E-state index contributed by atoms with van der Waals surface area (Å²) in [7, 11) is 1.62. The number of rotatable bonds is 10. The fraction of sp³-hybridized carbons (Fsp3) is 0.217. The Labute approximate surface area is 220 Å². The van der Waals surface area contributed by atoms with E-state index >= 15 is 0 Å². The van der Waals surface area contributed by atoms with E-state index in [0.29, 0.717) is 44.1 Å². The van der Waals surface area contributed by atoms with Crippen molar-refractivity contribution in [2.75, 3.05) is 18.2 Å². The van der Waals surface area contributed by atoms with Gasteiger partial charge >= 0.3 is 0 Å². The second kappa shape index (κ2) is 11.8. The number of carbonyl (C=O) groups excluding carboxylic acids is 1. The van der Waals surface area contributed by atoms with Crippen LogP contribution in [0.2, 0.25) is 10.0 Å². The predicted molar refractivity (Wildman–Crippen MR) is 140 cm³/mol. The molecule has 0 spiro atoms. The molecule has 0 atom stereocenters. The van der Waals surface area contributed by atoms with Crippen LogP contribution in [0.3, 0.4) is 0 Å². The summed E-state index contributed by atoms with van der Waals surface area (Å²) in [6, 6.07) is 12.5. The van der Waals surface area contributed by atoms with Gasteiger partial charge in [-0.1, -0.05) is 35.0 Å². The highest BCUT2D eigenvalue weighted by Gasteiger charge is 2.15. The molecule has 182 valence electrons. The number of thiazole rings is 1. The molecule has 0 aliphatic heterocycles. The summed E-state index contributed by atoms with van der Waals surface area (Å²) < 4.78 is 12.9. The Morgan fingerprint density at radius 3 is 2.63 bits per heavy atom. The first kappa shape index (κ1) is 25.3. The lowest BCUT2D eigenvalue weighted by Gasteiger charge is -2.09. The van der Waals surface area contributed by atoms with Crippen molar-refractivity contribution in [2.24, 2.45) is 0 Å². The number of methoxy groups -OCH3 is 1. The first-order valence-corrected chi connectivity index (χ1v) is 13.1. The fourth-order valence-electron chi connectivity index (χ4n) is 3.11. The van der Waals surface area contributed by atoms with Crippen molar-refractivity contribution in [2.45, 2.75) is 25.2 Å². The third-order valence-electron chi connectivity index (χ3n) is 4.83. The van der Waals surface area contributed by atoms with Gasteiger partial charge in [0.2, 0.25) is 5.91 Å². The summed E-state index contributed by atoms with van der Waals surface area (Å²) in [5.74, 6) is 2.10. The van der Waals surface area contributed by atoms with Crippen LogP contribution in [0.1, 0.15) is 12.7 Å². The molecule has 2 aromatic heterocycles. The van der Waals surface area contributed by atoms with Gasteiger partial charge in [0.05, 0.1) is 23.6 Å². The van der Waals surface area contributed by atoms with Gasteiger partial charge in [-0.05, 0) is 49.4 Å². The molecule has 35 heavy (non-hydrogen) atoms. The van der Waals surface area contributed by atoms with Crippen LogP contribution in [-0.2, 0) is 17.9 Å². The average Bonchev–Trinajstić information content (AvgIpc) is 3.48. The normalized spacial score (nSPS) is 10.9. The quantitative estimate of drug-likeness (QED) is 0.241. The maximum absolute atomic E-state index is 12.5. The summed E-state index contributed by atoms with van der Waals surface area (Å²) in [5, 5.41) is 15.3. The predicted octanol–water partition coefficient (Wildman–Crippen LogP) is 6.05. The number of thioether (sulfide) groups is 1. The molecule has 1 amide bonds. The summed E-state index contributed by atoms with van der Waals surface area (Å²) >= 11 is 14.8. The van der Waals surface area contributed by atoms with Crippen LogP contribution in [0.15, 0.2) is 53.0 Å². The Bertz CT molecular complexity index is 1310. The molecule has 0 radical (unpaired) electrons. The number of hydrogen-bond donors (Lipinski definition) is 1. The SMILES string of the molecule is CCn1c(COc2ccc(OC)cc2)nnc1SCC(=O)Nc1nc(-c2ccc(Cl)cc2Cl)cs1. The van der Waals surface area contributed by atoms with Crippen LogP contribution in [0.5, 0.6) is 11.5 Å². The van der Waals surface area contributed by atoms with Crippen molar-refractivity contribution in [3.05, 3.63) is 63.7 Å². The Balaban J connectivity index is 1.32. The third-order valence-corrected chi connectivity index (χ3v) is 7.10. The minimum absolute atomic E-state index is 0.161. The average molecular weight is 550 g/mol. The van der Waals surface area contributed by atoms with E-state index in [2.05, 4.69) is 20.5 Å². The first-order chi connectivity index (χ1) is 17.0. The molecular weight excluding hydrogens is 529 g/mol. The maximum Gasteiger partial charge on any atom is 0.236 e. The zero-order valence-electron chi connectivity index (χ0n) is 18.8. The molecule has 0 saturated heterocycles. The highest BCUT2D eigenvalue weighted by atomic mass is 35.5. The first-order valence-electron chi connectivity index (χ1n) is 10.5. The number of amides is 1. The van der Waals surface area contributed by atoms with Crippen molar-refractivity contribution in [1.82, 2.24) is 19.7 Å². The number of aromatic nitrogens is 4. The molecule has 12 heteroatoms. The summed E-state index contributed by atoms with van der Waals surface area (Å²) in [4.78, 5) is 17.0. The lowest BCUT2D eigenvalue weighted by atomic mass is 10.2. The molecule has 4 aromatic rings. The van der Waals surface area contributed by atoms with E-state index in [1.54, 1.807) is 25.3 Å². The number of nitrogens with one attached hydrogen (secondary N) is 1. The summed E-state index contributed by atoms with van der Waals surface area (Å²) in [5.41, 5.74) is 1.43. The van der Waals surface area contributed by atoms with Crippen LogP contribution < -0.4 is 14.8 Å².